The lowest BCUT2D eigenvalue weighted by molar-refractivity contribution is -0.134. The minimum atomic E-state index is 0.186. The van der Waals surface area contributed by atoms with Crippen LogP contribution in [-0.4, -0.2) is 17.9 Å². The highest BCUT2D eigenvalue weighted by Crippen LogP contribution is 2.54. The molecule has 2 aliphatic carbocycles. The highest BCUT2D eigenvalue weighted by Gasteiger charge is 2.48. The first-order chi connectivity index (χ1) is 9.84. The maximum Gasteiger partial charge on any atom is 0.225 e. The number of hydrogen-bond acceptors (Lipinski definition) is 1. The summed E-state index contributed by atoms with van der Waals surface area (Å²) >= 11 is 0. The zero-order valence-electron chi connectivity index (χ0n) is 13.7. The number of fused-ring (bicyclic) bond motifs is 1. The van der Waals surface area contributed by atoms with E-state index in [1.54, 1.807) is 0 Å². The van der Waals surface area contributed by atoms with Gasteiger partial charge in [0.05, 0.1) is 0 Å². The number of rotatable bonds is 3. The fourth-order valence-corrected chi connectivity index (χ4v) is 3.69. The highest BCUT2D eigenvalue weighted by atomic mass is 16.2. The minimum Gasteiger partial charge on any atom is -0.341 e. The Balaban J connectivity index is 1.59. The molecule has 0 heterocycles. The largest absolute Gasteiger partial charge is 0.341 e. The summed E-state index contributed by atoms with van der Waals surface area (Å²) in [5, 5.41) is 0. The van der Waals surface area contributed by atoms with Crippen LogP contribution in [0.2, 0.25) is 0 Å². The van der Waals surface area contributed by atoms with E-state index in [1.165, 1.54) is 17.5 Å². The molecular formula is C19H27NO. The molecule has 0 radical (unpaired) electrons. The first-order valence-electron chi connectivity index (χ1n) is 8.19. The normalized spacial score (nSPS) is 27.3. The zero-order chi connectivity index (χ0) is 15.2. The van der Waals surface area contributed by atoms with Gasteiger partial charge in [0, 0.05) is 19.5 Å². The Morgan fingerprint density at radius 3 is 2.19 bits per heavy atom. The van der Waals surface area contributed by atoms with E-state index in [9.17, 15) is 4.79 Å². The second-order valence-corrected chi connectivity index (χ2v) is 8.07. The van der Waals surface area contributed by atoms with Gasteiger partial charge in [-0.1, -0.05) is 45.0 Å². The second kappa shape index (κ2) is 5.15. The van der Waals surface area contributed by atoms with Gasteiger partial charge in [-0.15, -0.1) is 0 Å². The maximum atomic E-state index is 12.5. The van der Waals surface area contributed by atoms with Crippen LogP contribution in [0.25, 0.3) is 0 Å². The topological polar surface area (TPSA) is 20.3 Å². The quantitative estimate of drug-likeness (QED) is 0.822. The minimum absolute atomic E-state index is 0.186. The van der Waals surface area contributed by atoms with Crippen LogP contribution in [0.1, 0.15) is 51.2 Å². The summed E-state index contributed by atoms with van der Waals surface area (Å²) in [6, 6.07) is 8.71. The van der Waals surface area contributed by atoms with E-state index in [0.29, 0.717) is 11.8 Å². The Hall–Kier alpha value is -1.31. The Bertz CT molecular complexity index is 515. The summed E-state index contributed by atoms with van der Waals surface area (Å²) in [7, 11) is 1.95. The summed E-state index contributed by atoms with van der Waals surface area (Å²) in [4.78, 5) is 14.4. The molecule has 0 aromatic heterocycles. The van der Waals surface area contributed by atoms with Crippen molar-refractivity contribution in [3.8, 4) is 0 Å². The van der Waals surface area contributed by atoms with Crippen LogP contribution in [0.15, 0.2) is 24.3 Å². The van der Waals surface area contributed by atoms with Gasteiger partial charge < -0.3 is 4.90 Å². The summed E-state index contributed by atoms with van der Waals surface area (Å²) in [5.41, 5.74) is 2.75. The van der Waals surface area contributed by atoms with Crippen molar-refractivity contribution in [3.05, 3.63) is 35.4 Å². The van der Waals surface area contributed by atoms with Gasteiger partial charge in [0.15, 0.2) is 0 Å². The Morgan fingerprint density at radius 1 is 1.10 bits per heavy atom. The number of hydrogen-bond donors (Lipinski definition) is 0. The van der Waals surface area contributed by atoms with Crippen molar-refractivity contribution in [1.29, 1.82) is 0 Å². The van der Waals surface area contributed by atoms with Crippen LogP contribution in [0.3, 0.4) is 0 Å². The lowest BCUT2D eigenvalue weighted by atomic mass is 9.87. The van der Waals surface area contributed by atoms with Crippen LogP contribution in [0, 0.1) is 17.8 Å². The molecule has 2 atom stereocenters. The predicted octanol–water partition coefficient (Wildman–Crippen LogP) is 3.99. The third-order valence-electron chi connectivity index (χ3n) is 5.21. The van der Waals surface area contributed by atoms with Crippen LogP contribution in [-0.2, 0) is 16.8 Å². The molecule has 2 fully saturated rings. The molecule has 0 aliphatic heterocycles. The van der Waals surface area contributed by atoms with E-state index >= 15 is 0 Å². The van der Waals surface area contributed by atoms with E-state index in [0.717, 1.165) is 31.2 Å². The third kappa shape index (κ3) is 3.14. The Labute approximate surface area is 128 Å². The molecule has 0 saturated heterocycles. The van der Waals surface area contributed by atoms with Crippen molar-refractivity contribution in [2.24, 2.45) is 17.8 Å². The molecule has 1 amide bonds. The molecular weight excluding hydrogens is 258 g/mol. The van der Waals surface area contributed by atoms with Gasteiger partial charge in [0.1, 0.15) is 0 Å². The standard InChI is InChI=1S/C19H27NO/c1-19(2,3)17-7-5-13(6-8-17)12-20(4)18(21)16-10-14-9-15(14)11-16/h5-8,14-16H,9-12H2,1-4H3. The average molecular weight is 285 g/mol. The lowest BCUT2D eigenvalue weighted by Gasteiger charge is -2.23. The first kappa shape index (κ1) is 14.6. The van der Waals surface area contributed by atoms with Gasteiger partial charge in [-0.3, -0.25) is 4.79 Å². The number of nitrogens with zero attached hydrogens (tertiary/aromatic N) is 1. The van der Waals surface area contributed by atoms with Gasteiger partial charge in [0.2, 0.25) is 5.91 Å². The van der Waals surface area contributed by atoms with Crippen LogP contribution in [0.4, 0.5) is 0 Å². The second-order valence-electron chi connectivity index (χ2n) is 8.07. The maximum absolute atomic E-state index is 12.5. The summed E-state index contributed by atoms with van der Waals surface area (Å²) in [6.07, 6.45) is 3.65. The first-order valence-corrected chi connectivity index (χ1v) is 8.19. The Kier molecular flexibility index (Phi) is 3.59. The van der Waals surface area contributed by atoms with Crippen molar-refractivity contribution >= 4 is 5.91 Å². The molecule has 21 heavy (non-hydrogen) atoms. The van der Waals surface area contributed by atoms with Crippen molar-refractivity contribution in [2.75, 3.05) is 7.05 Å². The third-order valence-corrected chi connectivity index (χ3v) is 5.21. The fourth-order valence-electron chi connectivity index (χ4n) is 3.69. The lowest BCUT2D eigenvalue weighted by Crippen LogP contribution is -2.32. The average Bonchev–Trinajstić information content (AvgIpc) is 3.04. The molecule has 0 spiro atoms. The van der Waals surface area contributed by atoms with E-state index in [2.05, 4.69) is 45.0 Å². The van der Waals surface area contributed by atoms with Gasteiger partial charge in [0.25, 0.3) is 0 Å². The molecule has 0 N–H and O–H groups in total. The number of benzene rings is 1. The molecule has 1 aromatic rings. The molecule has 2 aliphatic rings. The van der Waals surface area contributed by atoms with Gasteiger partial charge in [-0.05, 0) is 47.6 Å². The van der Waals surface area contributed by atoms with Gasteiger partial charge in [-0.25, -0.2) is 0 Å². The van der Waals surface area contributed by atoms with Crippen molar-refractivity contribution < 1.29 is 4.79 Å². The number of carbonyl (C=O) groups is 1. The van der Waals surface area contributed by atoms with E-state index in [1.807, 2.05) is 11.9 Å². The fraction of sp³-hybridized carbons (Fsp3) is 0.632. The molecule has 2 nitrogen and oxygen atoms in total. The highest BCUT2D eigenvalue weighted by molar-refractivity contribution is 5.79. The number of carbonyl (C=O) groups excluding carboxylic acids is 1. The molecule has 2 unspecified atom stereocenters. The Morgan fingerprint density at radius 2 is 1.67 bits per heavy atom. The molecule has 2 saturated carbocycles. The van der Waals surface area contributed by atoms with Gasteiger partial charge >= 0.3 is 0 Å². The van der Waals surface area contributed by atoms with Crippen molar-refractivity contribution in [2.45, 2.75) is 52.0 Å². The van der Waals surface area contributed by atoms with Crippen LogP contribution < -0.4 is 0 Å². The molecule has 3 rings (SSSR count). The van der Waals surface area contributed by atoms with E-state index in [-0.39, 0.29) is 5.41 Å². The van der Waals surface area contributed by atoms with Crippen molar-refractivity contribution in [3.63, 3.8) is 0 Å². The summed E-state index contributed by atoms with van der Waals surface area (Å²) in [5.74, 6) is 2.39. The van der Waals surface area contributed by atoms with Gasteiger partial charge in [-0.2, -0.15) is 0 Å². The molecule has 2 heteroatoms. The summed E-state index contributed by atoms with van der Waals surface area (Å²) in [6.45, 7) is 7.41. The van der Waals surface area contributed by atoms with Crippen LogP contribution in [0.5, 0.6) is 0 Å². The SMILES string of the molecule is CN(Cc1ccc(C(C)(C)C)cc1)C(=O)C1CC2CC2C1. The van der Waals surface area contributed by atoms with E-state index in [4.69, 9.17) is 0 Å². The zero-order valence-corrected chi connectivity index (χ0v) is 13.7. The van der Waals surface area contributed by atoms with Crippen molar-refractivity contribution in [1.82, 2.24) is 4.90 Å². The predicted molar refractivity (Wildman–Crippen MR) is 85.9 cm³/mol. The molecule has 114 valence electrons. The molecule has 1 aromatic carbocycles. The monoisotopic (exact) mass is 285 g/mol. The van der Waals surface area contributed by atoms with Crippen LogP contribution >= 0.6 is 0 Å². The number of amides is 1. The molecule has 0 bridgehead atoms. The smallest absolute Gasteiger partial charge is 0.225 e. The summed E-state index contributed by atoms with van der Waals surface area (Å²) < 4.78 is 0. The van der Waals surface area contributed by atoms with E-state index < -0.39 is 0 Å².